The molecule has 5 heterocycles. The van der Waals surface area contributed by atoms with Gasteiger partial charge < -0.3 is 21.3 Å². The molecule has 4 aromatic heterocycles. The maximum Gasteiger partial charge on any atom is 0.261 e. The Balaban J connectivity index is 1.23. The quantitative estimate of drug-likeness (QED) is 0.305. The minimum Gasteiger partial charge on any atom is -0.351 e. The third-order valence-corrected chi connectivity index (χ3v) is 6.11. The highest BCUT2D eigenvalue weighted by Crippen LogP contribution is 2.23. The molecule has 1 saturated heterocycles. The van der Waals surface area contributed by atoms with Crippen molar-refractivity contribution in [1.82, 2.24) is 35.6 Å². The van der Waals surface area contributed by atoms with Gasteiger partial charge in [-0.05, 0) is 37.3 Å². The fraction of sp³-hybridized carbons (Fsp3) is 0.217. The van der Waals surface area contributed by atoms with Crippen LogP contribution in [0.5, 0.6) is 0 Å². The van der Waals surface area contributed by atoms with Crippen molar-refractivity contribution in [2.75, 3.05) is 30.3 Å². The number of aromatic nitrogens is 5. The molecule has 0 atom stereocenters. The Morgan fingerprint density at radius 3 is 2.68 bits per heavy atom. The third kappa shape index (κ3) is 5.33. The van der Waals surface area contributed by atoms with E-state index in [1.54, 1.807) is 30.6 Å². The first kappa shape index (κ1) is 21.9. The minimum atomic E-state index is -0.0658. The summed E-state index contributed by atoms with van der Waals surface area (Å²) in [5.74, 6) is 2.55. The summed E-state index contributed by atoms with van der Waals surface area (Å²) in [7, 11) is 0. The van der Waals surface area contributed by atoms with Gasteiger partial charge in [-0.3, -0.25) is 4.79 Å². The van der Waals surface area contributed by atoms with E-state index in [1.807, 2.05) is 30.5 Å². The van der Waals surface area contributed by atoms with Crippen molar-refractivity contribution in [2.24, 2.45) is 5.92 Å². The maximum absolute atomic E-state index is 12.4. The maximum atomic E-state index is 12.4. The zero-order valence-electron chi connectivity index (χ0n) is 18.4. The zero-order valence-corrected chi connectivity index (χ0v) is 19.3. The number of anilines is 4. The molecule has 4 N–H and O–H groups in total. The predicted octanol–water partition coefficient (Wildman–Crippen LogP) is 3.13. The Bertz CT molecular complexity index is 1300. The molecule has 0 unspecified atom stereocenters. The van der Waals surface area contributed by atoms with Gasteiger partial charge in [-0.15, -0.1) is 11.3 Å². The Kier molecular flexibility index (Phi) is 6.36. The molecule has 0 saturated carbocycles. The SMILES string of the molecule is Cc1cccc(-c2nccc(Nc3ccnc(Nc4csc(C(=O)NCC5CNC5)c4)n3)n2)n1. The monoisotopic (exact) mass is 473 g/mol. The molecule has 5 rings (SSSR count). The van der Waals surface area contributed by atoms with E-state index in [-0.39, 0.29) is 5.91 Å². The number of hydrogen-bond donors (Lipinski definition) is 4. The van der Waals surface area contributed by atoms with Crippen LogP contribution in [-0.2, 0) is 0 Å². The number of thiophene rings is 1. The number of nitrogens with zero attached hydrogens (tertiary/aromatic N) is 5. The Morgan fingerprint density at radius 1 is 1.06 bits per heavy atom. The molecule has 0 radical (unpaired) electrons. The highest BCUT2D eigenvalue weighted by atomic mass is 32.1. The van der Waals surface area contributed by atoms with Crippen molar-refractivity contribution in [3.63, 3.8) is 0 Å². The highest BCUT2D eigenvalue weighted by molar-refractivity contribution is 7.12. The predicted molar refractivity (Wildman–Crippen MR) is 132 cm³/mol. The smallest absolute Gasteiger partial charge is 0.261 e. The van der Waals surface area contributed by atoms with Gasteiger partial charge in [0.1, 0.15) is 17.3 Å². The summed E-state index contributed by atoms with van der Waals surface area (Å²) in [6.45, 7) is 4.53. The minimum absolute atomic E-state index is 0.0658. The molecule has 172 valence electrons. The van der Waals surface area contributed by atoms with Crippen LogP contribution < -0.4 is 21.3 Å². The molecule has 1 aliphatic heterocycles. The molecule has 0 spiro atoms. The summed E-state index contributed by atoms with van der Waals surface area (Å²) >= 11 is 1.38. The number of aryl methyl sites for hydroxylation is 1. The number of carbonyl (C=O) groups excluding carboxylic acids is 1. The van der Waals surface area contributed by atoms with Crippen molar-refractivity contribution in [2.45, 2.75) is 6.92 Å². The van der Waals surface area contributed by atoms with Crippen molar-refractivity contribution in [3.8, 4) is 11.5 Å². The molecule has 4 aromatic rings. The van der Waals surface area contributed by atoms with Crippen LogP contribution in [0.25, 0.3) is 11.5 Å². The largest absolute Gasteiger partial charge is 0.351 e. The first-order chi connectivity index (χ1) is 16.6. The van der Waals surface area contributed by atoms with E-state index in [9.17, 15) is 4.79 Å². The van der Waals surface area contributed by atoms with Gasteiger partial charge in [-0.2, -0.15) is 4.98 Å². The van der Waals surface area contributed by atoms with E-state index < -0.39 is 0 Å². The number of rotatable bonds is 8. The van der Waals surface area contributed by atoms with Crippen LogP contribution in [0.4, 0.5) is 23.3 Å². The van der Waals surface area contributed by atoms with Crippen molar-refractivity contribution >= 4 is 40.5 Å². The molecular weight excluding hydrogens is 450 g/mol. The summed E-state index contributed by atoms with van der Waals surface area (Å²) in [4.78, 5) is 35.1. The third-order valence-electron chi connectivity index (χ3n) is 5.18. The molecule has 1 aliphatic rings. The van der Waals surface area contributed by atoms with Gasteiger partial charge in [-0.1, -0.05) is 6.07 Å². The van der Waals surface area contributed by atoms with E-state index in [4.69, 9.17) is 0 Å². The van der Waals surface area contributed by atoms with Crippen LogP contribution in [0, 0.1) is 12.8 Å². The number of pyridine rings is 1. The Hall–Kier alpha value is -3.96. The molecule has 34 heavy (non-hydrogen) atoms. The van der Waals surface area contributed by atoms with Gasteiger partial charge in [0.25, 0.3) is 5.91 Å². The number of nitrogens with one attached hydrogen (secondary N) is 4. The molecular formula is C23H23N9OS. The van der Waals surface area contributed by atoms with Gasteiger partial charge in [0.05, 0.1) is 10.6 Å². The van der Waals surface area contributed by atoms with Crippen molar-refractivity contribution in [3.05, 3.63) is 64.7 Å². The first-order valence-electron chi connectivity index (χ1n) is 10.8. The summed E-state index contributed by atoms with van der Waals surface area (Å²) in [6.07, 6.45) is 3.32. The first-order valence-corrected chi connectivity index (χ1v) is 11.7. The Morgan fingerprint density at radius 2 is 1.88 bits per heavy atom. The second kappa shape index (κ2) is 9.89. The van der Waals surface area contributed by atoms with Crippen molar-refractivity contribution < 1.29 is 4.79 Å². The second-order valence-corrected chi connectivity index (χ2v) is 8.79. The van der Waals surface area contributed by atoms with Crippen molar-refractivity contribution in [1.29, 1.82) is 0 Å². The lowest BCUT2D eigenvalue weighted by atomic mass is 10.0. The van der Waals surface area contributed by atoms with Gasteiger partial charge in [0, 0.05) is 49.0 Å². The molecule has 1 amide bonds. The summed E-state index contributed by atoms with van der Waals surface area (Å²) in [5.41, 5.74) is 2.36. The highest BCUT2D eigenvalue weighted by Gasteiger charge is 2.18. The van der Waals surface area contributed by atoms with E-state index >= 15 is 0 Å². The topological polar surface area (TPSA) is 130 Å². The summed E-state index contributed by atoms with van der Waals surface area (Å²) in [5, 5.41) is 14.4. The lowest BCUT2D eigenvalue weighted by Gasteiger charge is -2.26. The van der Waals surface area contributed by atoms with E-state index in [2.05, 4.69) is 46.2 Å². The fourth-order valence-corrected chi connectivity index (χ4v) is 4.06. The average Bonchev–Trinajstić information content (AvgIpc) is 3.27. The second-order valence-electron chi connectivity index (χ2n) is 7.88. The summed E-state index contributed by atoms with van der Waals surface area (Å²) < 4.78 is 0. The molecule has 11 heteroatoms. The molecule has 0 aromatic carbocycles. The zero-order chi connectivity index (χ0) is 23.3. The lowest BCUT2D eigenvalue weighted by Crippen LogP contribution is -2.48. The fourth-order valence-electron chi connectivity index (χ4n) is 3.31. The number of amides is 1. The van der Waals surface area contributed by atoms with Crippen LogP contribution in [0.3, 0.4) is 0 Å². The molecule has 1 fully saturated rings. The Labute approximate surface area is 200 Å². The van der Waals surface area contributed by atoms with E-state index in [0.717, 1.165) is 24.5 Å². The summed E-state index contributed by atoms with van der Waals surface area (Å²) in [6, 6.07) is 11.0. The normalized spacial score (nSPS) is 13.2. The van der Waals surface area contributed by atoms with Gasteiger partial charge in [0.2, 0.25) is 5.95 Å². The lowest BCUT2D eigenvalue weighted by molar-refractivity contribution is 0.0946. The number of carbonyl (C=O) groups is 1. The van der Waals surface area contributed by atoms with Gasteiger partial charge >= 0.3 is 0 Å². The molecule has 10 nitrogen and oxygen atoms in total. The van der Waals surface area contributed by atoms with E-state index in [1.165, 1.54) is 11.3 Å². The van der Waals surface area contributed by atoms with Crippen LogP contribution in [0.15, 0.2) is 54.2 Å². The van der Waals surface area contributed by atoms with Crippen LogP contribution in [-0.4, -0.2) is 50.5 Å². The van der Waals surface area contributed by atoms with Crippen LogP contribution in [0.1, 0.15) is 15.4 Å². The van der Waals surface area contributed by atoms with Crippen LogP contribution >= 0.6 is 11.3 Å². The standard InChI is InChI=1S/C23H23N9OS/c1-14-3-2-4-17(28-14)21-25-7-5-19(31-21)30-20-6-8-26-23(32-20)29-16-9-18(34-13-16)22(33)27-12-15-10-24-11-15/h2-9,13,15,24H,10-12H2,1H3,(H,27,33)(H2,25,26,29,30,31,32). The molecule has 0 bridgehead atoms. The van der Waals surface area contributed by atoms with Crippen LogP contribution in [0.2, 0.25) is 0 Å². The van der Waals surface area contributed by atoms with Gasteiger partial charge in [0.15, 0.2) is 5.82 Å². The number of hydrogen-bond acceptors (Lipinski definition) is 10. The molecule has 0 aliphatic carbocycles. The average molecular weight is 474 g/mol. The van der Waals surface area contributed by atoms with Gasteiger partial charge in [-0.25, -0.2) is 19.9 Å². The van der Waals surface area contributed by atoms with E-state index in [0.29, 0.717) is 46.4 Å².